The summed E-state index contributed by atoms with van der Waals surface area (Å²) in [5, 5.41) is 9.15. The second-order valence-corrected chi connectivity index (χ2v) is 4.72. The molecule has 0 fully saturated rings. The van der Waals surface area contributed by atoms with Gasteiger partial charge in [0.15, 0.2) is 10.4 Å². The molecule has 0 radical (unpaired) electrons. The SMILES string of the molecule is Cc1ccc2[nH]c(=S)n(-c3cccc(F)c3C#N)c2n1. The van der Waals surface area contributed by atoms with Crippen LogP contribution in [-0.4, -0.2) is 14.5 Å². The van der Waals surface area contributed by atoms with Gasteiger partial charge in [-0.25, -0.2) is 9.37 Å². The van der Waals surface area contributed by atoms with Crippen molar-refractivity contribution in [1.82, 2.24) is 14.5 Å². The number of benzene rings is 1. The Balaban J connectivity index is 2.45. The van der Waals surface area contributed by atoms with Crippen LogP contribution < -0.4 is 0 Å². The third-order valence-electron chi connectivity index (χ3n) is 3.02. The number of pyridine rings is 1. The predicted molar refractivity (Wildman–Crippen MR) is 75.7 cm³/mol. The smallest absolute Gasteiger partial charge is 0.184 e. The fourth-order valence-corrected chi connectivity index (χ4v) is 2.41. The van der Waals surface area contributed by atoms with Gasteiger partial charge in [-0.2, -0.15) is 5.26 Å². The number of aromatic amines is 1. The molecule has 0 saturated carbocycles. The highest BCUT2D eigenvalue weighted by Crippen LogP contribution is 2.22. The van der Waals surface area contributed by atoms with Gasteiger partial charge in [-0.1, -0.05) is 6.07 Å². The first-order chi connectivity index (χ1) is 9.61. The molecule has 0 atom stereocenters. The third kappa shape index (κ3) is 1.80. The van der Waals surface area contributed by atoms with Crippen LogP contribution in [0.5, 0.6) is 0 Å². The summed E-state index contributed by atoms with van der Waals surface area (Å²) in [6.07, 6.45) is 0. The first kappa shape index (κ1) is 12.5. The normalized spacial score (nSPS) is 10.7. The fraction of sp³-hybridized carbons (Fsp3) is 0.0714. The zero-order chi connectivity index (χ0) is 14.3. The number of imidazole rings is 1. The minimum absolute atomic E-state index is 0.0483. The molecule has 6 heteroatoms. The van der Waals surface area contributed by atoms with Crippen LogP contribution in [0.3, 0.4) is 0 Å². The number of nitriles is 1. The lowest BCUT2D eigenvalue weighted by Gasteiger charge is -2.07. The average Bonchev–Trinajstić information content (AvgIpc) is 2.73. The van der Waals surface area contributed by atoms with Gasteiger partial charge in [-0.05, 0) is 43.4 Å². The Morgan fingerprint density at radius 3 is 2.90 bits per heavy atom. The number of aryl methyl sites for hydroxylation is 1. The number of rotatable bonds is 1. The number of halogens is 1. The highest BCUT2D eigenvalue weighted by atomic mass is 32.1. The molecule has 0 spiro atoms. The maximum atomic E-state index is 13.8. The Hall–Kier alpha value is -2.52. The van der Waals surface area contributed by atoms with E-state index in [2.05, 4.69) is 9.97 Å². The topological polar surface area (TPSA) is 57.4 Å². The van der Waals surface area contributed by atoms with Crippen LogP contribution >= 0.6 is 12.2 Å². The zero-order valence-electron chi connectivity index (χ0n) is 10.5. The van der Waals surface area contributed by atoms with Gasteiger partial charge in [0, 0.05) is 5.69 Å². The molecule has 98 valence electrons. The van der Waals surface area contributed by atoms with E-state index >= 15 is 0 Å². The molecule has 0 aliphatic carbocycles. The molecule has 0 unspecified atom stereocenters. The van der Waals surface area contributed by atoms with Crippen molar-refractivity contribution in [3.8, 4) is 11.8 Å². The van der Waals surface area contributed by atoms with Crippen molar-refractivity contribution in [3.05, 3.63) is 52.2 Å². The van der Waals surface area contributed by atoms with Gasteiger partial charge in [-0.15, -0.1) is 0 Å². The Morgan fingerprint density at radius 2 is 2.15 bits per heavy atom. The Labute approximate surface area is 119 Å². The number of nitrogens with one attached hydrogen (secondary N) is 1. The van der Waals surface area contributed by atoms with Crippen LogP contribution in [-0.2, 0) is 0 Å². The average molecular weight is 284 g/mol. The molecular formula is C14H9FN4S. The van der Waals surface area contributed by atoms with Gasteiger partial charge in [0.1, 0.15) is 17.4 Å². The fourth-order valence-electron chi connectivity index (χ4n) is 2.11. The standard InChI is InChI=1S/C14H9FN4S/c1-8-5-6-11-13(17-8)19(14(20)18-11)12-4-2-3-10(15)9(12)7-16/h2-6H,1H3,(H,18,20). The van der Waals surface area contributed by atoms with Crippen LogP contribution in [0.25, 0.3) is 16.9 Å². The van der Waals surface area contributed by atoms with Crippen molar-refractivity contribution in [1.29, 1.82) is 5.26 Å². The van der Waals surface area contributed by atoms with E-state index in [0.717, 1.165) is 11.2 Å². The summed E-state index contributed by atoms with van der Waals surface area (Å²) in [7, 11) is 0. The number of nitrogens with zero attached hydrogens (tertiary/aromatic N) is 3. The molecule has 1 N–H and O–H groups in total. The summed E-state index contributed by atoms with van der Waals surface area (Å²) >= 11 is 5.26. The predicted octanol–water partition coefficient (Wildman–Crippen LogP) is 3.40. The summed E-state index contributed by atoms with van der Waals surface area (Å²) in [5.41, 5.74) is 2.48. The molecule has 20 heavy (non-hydrogen) atoms. The minimum Gasteiger partial charge on any atom is -0.329 e. The van der Waals surface area contributed by atoms with E-state index in [1.54, 1.807) is 16.7 Å². The molecule has 2 heterocycles. The van der Waals surface area contributed by atoms with Crippen LogP contribution in [0.2, 0.25) is 0 Å². The minimum atomic E-state index is -0.575. The number of aromatic nitrogens is 3. The number of H-pyrrole nitrogens is 1. The Kier molecular flexibility index (Phi) is 2.84. The summed E-state index contributed by atoms with van der Waals surface area (Å²) < 4.78 is 15.7. The molecule has 0 amide bonds. The zero-order valence-corrected chi connectivity index (χ0v) is 11.3. The lowest BCUT2D eigenvalue weighted by molar-refractivity contribution is 0.622. The van der Waals surface area contributed by atoms with E-state index in [1.807, 2.05) is 25.1 Å². The number of hydrogen-bond acceptors (Lipinski definition) is 3. The molecule has 4 nitrogen and oxygen atoms in total. The quantitative estimate of drug-likeness (QED) is 0.697. The van der Waals surface area contributed by atoms with Gasteiger partial charge >= 0.3 is 0 Å². The van der Waals surface area contributed by atoms with E-state index in [4.69, 9.17) is 17.5 Å². The van der Waals surface area contributed by atoms with E-state index in [1.165, 1.54) is 6.07 Å². The molecule has 3 rings (SSSR count). The molecule has 3 aromatic rings. The number of fused-ring (bicyclic) bond motifs is 1. The molecule has 0 aliphatic rings. The van der Waals surface area contributed by atoms with Crippen molar-refractivity contribution in [2.45, 2.75) is 6.92 Å². The molecule has 0 aliphatic heterocycles. The van der Waals surface area contributed by atoms with Crippen LogP contribution in [0.4, 0.5) is 4.39 Å². The van der Waals surface area contributed by atoms with Crippen molar-refractivity contribution in [2.24, 2.45) is 0 Å². The van der Waals surface area contributed by atoms with Gasteiger partial charge in [0.2, 0.25) is 0 Å². The largest absolute Gasteiger partial charge is 0.329 e. The van der Waals surface area contributed by atoms with E-state index < -0.39 is 5.82 Å². The maximum absolute atomic E-state index is 13.8. The summed E-state index contributed by atoms with van der Waals surface area (Å²) in [6, 6.07) is 10.0. The summed E-state index contributed by atoms with van der Waals surface area (Å²) in [4.78, 5) is 7.42. The second kappa shape index (κ2) is 4.54. The first-order valence-electron chi connectivity index (χ1n) is 5.89. The van der Waals surface area contributed by atoms with Crippen LogP contribution in [0.1, 0.15) is 11.3 Å². The molecule has 1 aromatic carbocycles. The highest BCUT2D eigenvalue weighted by molar-refractivity contribution is 7.71. The monoisotopic (exact) mass is 284 g/mol. The lowest BCUT2D eigenvalue weighted by Crippen LogP contribution is -2.01. The van der Waals surface area contributed by atoms with E-state index in [9.17, 15) is 4.39 Å². The van der Waals surface area contributed by atoms with Crippen molar-refractivity contribution in [2.75, 3.05) is 0 Å². The Bertz CT molecular complexity index is 917. The number of hydrogen-bond donors (Lipinski definition) is 1. The van der Waals surface area contributed by atoms with Gasteiger partial charge in [0.25, 0.3) is 0 Å². The van der Waals surface area contributed by atoms with Crippen LogP contribution in [0, 0.1) is 28.8 Å². The second-order valence-electron chi connectivity index (χ2n) is 4.34. The molecule has 0 saturated heterocycles. The maximum Gasteiger partial charge on any atom is 0.184 e. The van der Waals surface area contributed by atoms with E-state index in [0.29, 0.717) is 16.1 Å². The summed E-state index contributed by atoms with van der Waals surface area (Å²) in [6.45, 7) is 1.86. The first-order valence-corrected chi connectivity index (χ1v) is 6.30. The van der Waals surface area contributed by atoms with Gasteiger partial charge < -0.3 is 4.98 Å². The molecule has 0 bridgehead atoms. The van der Waals surface area contributed by atoms with Gasteiger partial charge in [0.05, 0.1) is 11.2 Å². The van der Waals surface area contributed by atoms with Gasteiger partial charge in [-0.3, -0.25) is 4.57 Å². The summed E-state index contributed by atoms with van der Waals surface area (Å²) in [5.74, 6) is -0.575. The van der Waals surface area contributed by atoms with Crippen molar-refractivity contribution >= 4 is 23.4 Å². The van der Waals surface area contributed by atoms with Crippen molar-refractivity contribution < 1.29 is 4.39 Å². The Morgan fingerprint density at radius 1 is 1.35 bits per heavy atom. The third-order valence-corrected chi connectivity index (χ3v) is 3.30. The molecule has 2 aromatic heterocycles. The lowest BCUT2D eigenvalue weighted by atomic mass is 10.2. The highest BCUT2D eigenvalue weighted by Gasteiger charge is 2.14. The van der Waals surface area contributed by atoms with Crippen LogP contribution in [0.15, 0.2) is 30.3 Å². The molecular weight excluding hydrogens is 275 g/mol. The van der Waals surface area contributed by atoms with Crippen molar-refractivity contribution in [3.63, 3.8) is 0 Å². The van der Waals surface area contributed by atoms with E-state index in [-0.39, 0.29) is 5.56 Å².